The lowest BCUT2D eigenvalue weighted by molar-refractivity contribution is -0.129. The Hall–Kier alpha value is -1.55. The standard InChI is InChI=1S/C17H26FN3O4S/c1-12-6-15(18)4-5-16(12)26(24,25)19-7-17(23)21-9-13(8-20(2)3)14(10-21)11-22/h4-6,13-14,19,22H,7-11H2,1-3H3/t13-,14-/m1/s1. The van der Waals surface area contributed by atoms with Crippen LogP contribution in [0.5, 0.6) is 0 Å². The number of sulfonamides is 1. The van der Waals surface area contributed by atoms with Gasteiger partial charge in [-0.2, -0.15) is 0 Å². The molecular formula is C17H26FN3O4S. The van der Waals surface area contributed by atoms with E-state index in [0.29, 0.717) is 13.1 Å². The number of amides is 1. The highest BCUT2D eigenvalue weighted by Crippen LogP contribution is 2.24. The highest BCUT2D eigenvalue weighted by atomic mass is 32.2. The molecule has 2 atom stereocenters. The summed E-state index contributed by atoms with van der Waals surface area (Å²) in [4.78, 5) is 15.9. The summed E-state index contributed by atoms with van der Waals surface area (Å²) in [7, 11) is -0.0484. The number of hydrogen-bond acceptors (Lipinski definition) is 5. The number of carbonyl (C=O) groups is 1. The maximum atomic E-state index is 13.2. The summed E-state index contributed by atoms with van der Waals surface area (Å²) in [6.45, 7) is 2.76. The van der Waals surface area contributed by atoms with E-state index >= 15 is 0 Å². The van der Waals surface area contributed by atoms with Crippen molar-refractivity contribution in [2.45, 2.75) is 11.8 Å². The molecule has 1 saturated heterocycles. The molecule has 1 amide bonds. The van der Waals surface area contributed by atoms with E-state index in [9.17, 15) is 22.7 Å². The quantitative estimate of drug-likeness (QED) is 0.690. The van der Waals surface area contributed by atoms with Gasteiger partial charge in [0.25, 0.3) is 0 Å². The van der Waals surface area contributed by atoms with Crippen molar-refractivity contribution in [3.63, 3.8) is 0 Å². The largest absolute Gasteiger partial charge is 0.396 e. The Labute approximate surface area is 153 Å². The smallest absolute Gasteiger partial charge is 0.241 e. The molecule has 0 aliphatic carbocycles. The maximum absolute atomic E-state index is 13.2. The molecule has 146 valence electrons. The summed E-state index contributed by atoms with van der Waals surface area (Å²) in [5.41, 5.74) is 0.275. The molecule has 1 aliphatic heterocycles. The van der Waals surface area contributed by atoms with E-state index in [4.69, 9.17) is 0 Å². The summed E-state index contributed by atoms with van der Waals surface area (Å²) in [5.74, 6) is -0.725. The summed E-state index contributed by atoms with van der Waals surface area (Å²) in [5, 5.41) is 9.51. The molecule has 1 aromatic carbocycles. The Morgan fingerprint density at radius 1 is 1.35 bits per heavy atom. The molecule has 1 fully saturated rings. The van der Waals surface area contributed by atoms with E-state index in [-0.39, 0.29) is 41.4 Å². The number of rotatable bonds is 7. The van der Waals surface area contributed by atoms with Crippen molar-refractivity contribution in [2.24, 2.45) is 11.8 Å². The molecule has 26 heavy (non-hydrogen) atoms. The van der Waals surface area contributed by atoms with Gasteiger partial charge in [-0.3, -0.25) is 4.79 Å². The van der Waals surface area contributed by atoms with Crippen LogP contribution >= 0.6 is 0 Å². The van der Waals surface area contributed by atoms with Gasteiger partial charge in [0.1, 0.15) is 5.82 Å². The fourth-order valence-electron chi connectivity index (χ4n) is 3.29. The molecule has 0 bridgehead atoms. The van der Waals surface area contributed by atoms with E-state index in [0.717, 1.165) is 18.7 Å². The van der Waals surface area contributed by atoms with Gasteiger partial charge >= 0.3 is 0 Å². The number of aliphatic hydroxyl groups is 1. The van der Waals surface area contributed by atoms with Crippen LogP contribution in [0.25, 0.3) is 0 Å². The third-order valence-electron chi connectivity index (χ3n) is 4.60. The number of hydrogen-bond donors (Lipinski definition) is 2. The van der Waals surface area contributed by atoms with E-state index in [1.54, 1.807) is 4.90 Å². The molecule has 2 N–H and O–H groups in total. The Morgan fingerprint density at radius 2 is 2.00 bits per heavy atom. The van der Waals surface area contributed by atoms with Crippen molar-refractivity contribution in [3.05, 3.63) is 29.6 Å². The van der Waals surface area contributed by atoms with Gasteiger partial charge in [0.05, 0.1) is 11.4 Å². The van der Waals surface area contributed by atoms with E-state index < -0.39 is 15.8 Å². The minimum absolute atomic E-state index is 0.0111. The van der Waals surface area contributed by atoms with Crippen LogP contribution in [0.1, 0.15) is 5.56 Å². The summed E-state index contributed by atoms with van der Waals surface area (Å²) in [6.07, 6.45) is 0. The normalized spacial score (nSPS) is 20.8. The Balaban J connectivity index is 1.99. The Morgan fingerprint density at radius 3 is 2.58 bits per heavy atom. The molecule has 9 heteroatoms. The van der Waals surface area contributed by atoms with Gasteiger partial charge in [-0.1, -0.05) is 0 Å². The van der Waals surface area contributed by atoms with Gasteiger partial charge in [-0.15, -0.1) is 0 Å². The molecule has 0 aromatic heterocycles. The molecule has 0 radical (unpaired) electrons. The van der Waals surface area contributed by atoms with Crippen LogP contribution in [0, 0.1) is 24.6 Å². The summed E-state index contributed by atoms with van der Waals surface area (Å²) < 4.78 is 40.2. The number of nitrogens with one attached hydrogen (secondary N) is 1. The molecule has 0 unspecified atom stereocenters. The highest BCUT2D eigenvalue weighted by molar-refractivity contribution is 7.89. The van der Waals surface area contributed by atoms with Crippen LogP contribution in [0.4, 0.5) is 4.39 Å². The third kappa shape index (κ3) is 5.00. The van der Waals surface area contributed by atoms with Crippen LogP contribution in [0.3, 0.4) is 0 Å². The summed E-state index contributed by atoms with van der Waals surface area (Å²) >= 11 is 0. The molecule has 1 aliphatic rings. The van der Waals surface area contributed by atoms with Crippen molar-refractivity contribution < 1.29 is 22.7 Å². The molecule has 1 heterocycles. The van der Waals surface area contributed by atoms with Gasteiger partial charge < -0.3 is 14.9 Å². The maximum Gasteiger partial charge on any atom is 0.241 e. The van der Waals surface area contributed by atoms with Crippen molar-refractivity contribution in [3.8, 4) is 0 Å². The zero-order valence-corrected chi connectivity index (χ0v) is 16.1. The van der Waals surface area contributed by atoms with E-state index in [1.807, 2.05) is 19.0 Å². The van der Waals surface area contributed by atoms with Gasteiger partial charge in [0.2, 0.25) is 15.9 Å². The number of benzene rings is 1. The number of nitrogens with zero attached hydrogens (tertiary/aromatic N) is 2. The molecule has 1 aromatic rings. The van der Waals surface area contributed by atoms with Gasteiger partial charge in [0.15, 0.2) is 0 Å². The highest BCUT2D eigenvalue weighted by Gasteiger charge is 2.35. The second-order valence-corrected chi connectivity index (χ2v) is 8.73. The van der Waals surface area contributed by atoms with Crippen molar-refractivity contribution in [2.75, 3.05) is 46.9 Å². The zero-order chi connectivity index (χ0) is 19.5. The van der Waals surface area contributed by atoms with Crippen LogP contribution in [-0.4, -0.2) is 76.1 Å². The Bertz CT molecular complexity index is 754. The first kappa shape index (κ1) is 20.8. The van der Waals surface area contributed by atoms with Crippen LogP contribution in [0.15, 0.2) is 23.1 Å². The SMILES string of the molecule is Cc1cc(F)ccc1S(=O)(=O)NCC(=O)N1C[C@@H](CN(C)C)[C@@H](CO)C1. The van der Waals surface area contributed by atoms with Gasteiger partial charge in [0, 0.05) is 32.2 Å². The first-order valence-corrected chi connectivity index (χ1v) is 9.91. The predicted molar refractivity (Wildman–Crippen MR) is 95.5 cm³/mol. The second kappa shape index (κ2) is 8.43. The minimum atomic E-state index is -3.91. The molecule has 0 saturated carbocycles. The second-order valence-electron chi connectivity index (χ2n) is 7.00. The molecular weight excluding hydrogens is 361 g/mol. The van der Waals surface area contributed by atoms with Crippen LogP contribution < -0.4 is 4.72 Å². The molecule has 7 nitrogen and oxygen atoms in total. The van der Waals surface area contributed by atoms with Crippen molar-refractivity contribution in [1.82, 2.24) is 14.5 Å². The first-order valence-electron chi connectivity index (χ1n) is 8.43. The van der Waals surface area contributed by atoms with Crippen LogP contribution in [0.2, 0.25) is 0 Å². The van der Waals surface area contributed by atoms with Crippen molar-refractivity contribution >= 4 is 15.9 Å². The predicted octanol–water partition coefficient (Wildman–Crippen LogP) is 0.0409. The van der Waals surface area contributed by atoms with Gasteiger partial charge in [-0.25, -0.2) is 17.5 Å². The number of carbonyl (C=O) groups excluding carboxylic acids is 1. The summed E-state index contributed by atoms with van der Waals surface area (Å²) in [6, 6.07) is 3.39. The zero-order valence-electron chi connectivity index (χ0n) is 15.3. The van der Waals surface area contributed by atoms with E-state index in [2.05, 4.69) is 4.72 Å². The lowest BCUT2D eigenvalue weighted by Gasteiger charge is -2.20. The minimum Gasteiger partial charge on any atom is -0.396 e. The van der Waals surface area contributed by atoms with Gasteiger partial charge in [-0.05, 0) is 50.7 Å². The monoisotopic (exact) mass is 387 g/mol. The average molecular weight is 387 g/mol. The number of likely N-dealkylation sites (tertiary alicyclic amines) is 1. The molecule has 0 spiro atoms. The fourth-order valence-corrected chi connectivity index (χ4v) is 4.48. The fraction of sp³-hybridized carbons (Fsp3) is 0.588. The van der Waals surface area contributed by atoms with Crippen molar-refractivity contribution in [1.29, 1.82) is 0 Å². The lowest BCUT2D eigenvalue weighted by Crippen LogP contribution is -2.39. The topological polar surface area (TPSA) is 90.0 Å². The number of aryl methyl sites for hydroxylation is 1. The number of halogens is 1. The number of aliphatic hydroxyl groups excluding tert-OH is 1. The third-order valence-corrected chi connectivity index (χ3v) is 6.16. The van der Waals surface area contributed by atoms with Crippen LogP contribution in [-0.2, 0) is 14.8 Å². The first-order chi connectivity index (χ1) is 12.1. The lowest BCUT2D eigenvalue weighted by atomic mass is 9.97. The Kier molecular flexibility index (Phi) is 6.73. The molecule has 2 rings (SSSR count). The van der Waals surface area contributed by atoms with E-state index in [1.165, 1.54) is 13.0 Å². The average Bonchev–Trinajstić information content (AvgIpc) is 2.94.